The summed E-state index contributed by atoms with van der Waals surface area (Å²) in [6, 6.07) is 3.69. The predicted octanol–water partition coefficient (Wildman–Crippen LogP) is 3.43. The Morgan fingerprint density at radius 3 is 2.76 bits per heavy atom. The fraction of sp³-hybridized carbons (Fsp3) is 0.286. The van der Waals surface area contributed by atoms with E-state index in [9.17, 15) is 4.79 Å². The average Bonchev–Trinajstić information content (AvgIpc) is 2.69. The van der Waals surface area contributed by atoms with Crippen LogP contribution < -0.4 is 15.0 Å². The first-order valence-corrected chi connectivity index (χ1v) is 8.01. The van der Waals surface area contributed by atoms with Crippen LogP contribution in [-0.2, 0) is 0 Å². The largest absolute Gasteiger partial charge is 0.489 e. The Kier molecular flexibility index (Phi) is 4.03. The van der Waals surface area contributed by atoms with Gasteiger partial charge in [-0.3, -0.25) is 4.79 Å². The summed E-state index contributed by atoms with van der Waals surface area (Å²) in [4.78, 5) is 19.0. The summed E-state index contributed by atoms with van der Waals surface area (Å²) in [7, 11) is 0. The number of aromatic amines is 1. The molecule has 0 radical (unpaired) electrons. The number of aryl methyl sites for hydroxylation is 1. The molecule has 7 heteroatoms. The van der Waals surface area contributed by atoms with Crippen molar-refractivity contribution in [1.29, 1.82) is 0 Å². The highest BCUT2D eigenvalue weighted by atomic mass is 79.9. The molecule has 0 saturated carbocycles. The van der Waals surface area contributed by atoms with Crippen molar-refractivity contribution in [1.82, 2.24) is 9.97 Å². The molecule has 0 saturated heterocycles. The van der Waals surface area contributed by atoms with Gasteiger partial charge in [-0.1, -0.05) is 0 Å². The highest BCUT2D eigenvalue weighted by Crippen LogP contribution is 2.40. The lowest BCUT2D eigenvalue weighted by Gasteiger charge is -2.12. The summed E-state index contributed by atoms with van der Waals surface area (Å²) >= 11 is 6.69. The van der Waals surface area contributed by atoms with Crippen molar-refractivity contribution >= 4 is 31.9 Å². The van der Waals surface area contributed by atoms with Crippen LogP contribution in [0.5, 0.6) is 11.5 Å². The maximum atomic E-state index is 11.9. The summed E-state index contributed by atoms with van der Waals surface area (Å²) in [5.74, 6) is 1.84. The quantitative estimate of drug-likeness (QED) is 0.774. The smallest absolute Gasteiger partial charge is 0.265 e. The lowest BCUT2D eigenvalue weighted by Crippen LogP contribution is -2.12. The van der Waals surface area contributed by atoms with E-state index in [2.05, 4.69) is 41.8 Å². The van der Waals surface area contributed by atoms with Gasteiger partial charge in [-0.05, 0) is 50.9 Å². The highest BCUT2D eigenvalue weighted by molar-refractivity contribution is 9.10. The number of hydrogen-bond acceptors (Lipinski definition) is 4. The first-order chi connectivity index (χ1) is 10.1. The molecule has 1 aromatic carbocycles. The van der Waals surface area contributed by atoms with Gasteiger partial charge in [-0.25, -0.2) is 4.98 Å². The van der Waals surface area contributed by atoms with Crippen LogP contribution in [0.1, 0.15) is 12.1 Å². The second kappa shape index (κ2) is 5.81. The van der Waals surface area contributed by atoms with E-state index >= 15 is 0 Å². The van der Waals surface area contributed by atoms with Gasteiger partial charge in [-0.15, -0.1) is 0 Å². The van der Waals surface area contributed by atoms with Crippen LogP contribution in [-0.4, -0.2) is 23.2 Å². The number of rotatable bonds is 1. The molecule has 3 rings (SSSR count). The Bertz CT molecular complexity index is 759. The van der Waals surface area contributed by atoms with Gasteiger partial charge in [0.05, 0.1) is 23.4 Å². The molecule has 21 heavy (non-hydrogen) atoms. The van der Waals surface area contributed by atoms with Crippen LogP contribution in [0.3, 0.4) is 0 Å². The van der Waals surface area contributed by atoms with Gasteiger partial charge in [0, 0.05) is 12.0 Å². The molecule has 0 bridgehead atoms. The molecule has 1 aliphatic heterocycles. The average molecular weight is 416 g/mol. The van der Waals surface area contributed by atoms with Crippen LogP contribution in [0.2, 0.25) is 0 Å². The minimum Gasteiger partial charge on any atom is -0.489 e. The topological polar surface area (TPSA) is 64.2 Å². The van der Waals surface area contributed by atoms with E-state index in [0.29, 0.717) is 40.7 Å². The third-order valence-electron chi connectivity index (χ3n) is 3.10. The standard InChI is InChI=1S/C14H12Br2N2O3/c1-7-11(16)14(19)18-13(17-7)8-5-9(15)12-10(6-8)20-3-2-4-21-12/h5-6H,2-4H2,1H3,(H,17,18,19). The number of nitrogens with zero attached hydrogens (tertiary/aromatic N) is 1. The molecule has 0 atom stereocenters. The molecular formula is C14H12Br2N2O3. The summed E-state index contributed by atoms with van der Waals surface area (Å²) < 4.78 is 12.6. The molecule has 1 N–H and O–H groups in total. The molecule has 5 nitrogen and oxygen atoms in total. The first-order valence-electron chi connectivity index (χ1n) is 6.42. The molecule has 0 fully saturated rings. The molecule has 110 valence electrons. The van der Waals surface area contributed by atoms with E-state index in [1.807, 2.05) is 12.1 Å². The van der Waals surface area contributed by atoms with Gasteiger partial charge >= 0.3 is 0 Å². The van der Waals surface area contributed by atoms with Gasteiger partial charge in [0.2, 0.25) is 0 Å². The van der Waals surface area contributed by atoms with Crippen LogP contribution >= 0.6 is 31.9 Å². The second-order valence-electron chi connectivity index (χ2n) is 4.65. The lowest BCUT2D eigenvalue weighted by atomic mass is 10.2. The summed E-state index contributed by atoms with van der Waals surface area (Å²) in [6.07, 6.45) is 0.836. The zero-order valence-corrected chi connectivity index (χ0v) is 14.4. The van der Waals surface area contributed by atoms with E-state index < -0.39 is 0 Å². The van der Waals surface area contributed by atoms with Crippen molar-refractivity contribution in [2.45, 2.75) is 13.3 Å². The molecule has 2 aromatic rings. The van der Waals surface area contributed by atoms with E-state index in [1.54, 1.807) is 6.92 Å². The molecule has 1 aromatic heterocycles. The Balaban J connectivity index is 2.14. The van der Waals surface area contributed by atoms with Crippen LogP contribution in [0.15, 0.2) is 25.9 Å². The summed E-state index contributed by atoms with van der Waals surface area (Å²) in [5, 5.41) is 0. The Labute approximate surface area is 138 Å². The molecule has 0 aliphatic carbocycles. The molecule has 0 unspecified atom stereocenters. The summed E-state index contributed by atoms with van der Waals surface area (Å²) in [6.45, 7) is 3.00. The number of ether oxygens (including phenoxy) is 2. The zero-order valence-electron chi connectivity index (χ0n) is 11.2. The van der Waals surface area contributed by atoms with Crippen molar-refractivity contribution in [3.63, 3.8) is 0 Å². The number of benzene rings is 1. The third kappa shape index (κ3) is 2.85. The fourth-order valence-electron chi connectivity index (χ4n) is 2.08. The van der Waals surface area contributed by atoms with Crippen LogP contribution in [0.25, 0.3) is 11.4 Å². The van der Waals surface area contributed by atoms with Crippen molar-refractivity contribution in [2.75, 3.05) is 13.2 Å². The third-order valence-corrected chi connectivity index (χ3v) is 4.63. The maximum Gasteiger partial charge on any atom is 0.265 e. The molecule has 2 heterocycles. The number of hydrogen-bond donors (Lipinski definition) is 1. The van der Waals surface area contributed by atoms with Crippen molar-refractivity contribution < 1.29 is 9.47 Å². The predicted molar refractivity (Wildman–Crippen MR) is 86.0 cm³/mol. The number of nitrogens with one attached hydrogen (secondary N) is 1. The van der Waals surface area contributed by atoms with E-state index in [0.717, 1.165) is 16.5 Å². The molecular weight excluding hydrogens is 404 g/mol. The minimum atomic E-state index is -0.208. The van der Waals surface area contributed by atoms with E-state index in [4.69, 9.17) is 9.47 Å². The molecule has 1 aliphatic rings. The SMILES string of the molecule is Cc1nc(-c2cc(Br)c3c(c2)OCCCO3)[nH]c(=O)c1Br. The zero-order chi connectivity index (χ0) is 15.0. The number of fused-ring (bicyclic) bond motifs is 1. The van der Waals surface area contributed by atoms with Gasteiger partial charge in [0.1, 0.15) is 10.3 Å². The second-order valence-corrected chi connectivity index (χ2v) is 6.30. The highest BCUT2D eigenvalue weighted by Gasteiger charge is 2.17. The van der Waals surface area contributed by atoms with Crippen LogP contribution in [0, 0.1) is 6.92 Å². The molecule has 0 amide bonds. The van der Waals surface area contributed by atoms with E-state index in [1.165, 1.54) is 0 Å². The number of aromatic nitrogens is 2. The Hall–Kier alpha value is -1.34. The molecule has 0 spiro atoms. The number of halogens is 2. The lowest BCUT2D eigenvalue weighted by molar-refractivity contribution is 0.296. The van der Waals surface area contributed by atoms with Crippen molar-refractivity contribution in [3.05, 3.63) is 37.1 Å². The fourth-order valence-corrected chi connectivity index (χ4v) is 2.82. The van der Waals surface area contributed by atoms with Gasteiger partial charge in [-0.2, -0.15) is 0 Å². The number of H-pyrrole nitrogens is 1. The summed E-state index contributed by atoms with van der Waals surface area (Å²) in [5.41, 5.74) is 1.19. The monoisotopic (exact) mass is 414 g/mol. The van der Waals surface area contributed by atoms with Crippen molar-refractivity contribution in [3.8, 4) is 22.9 Å². The normalized spacial score (nSPS) is 13.9. The Morgan fingerprint density at radius 2 is 2.00 bits per heavy atom. The first kappa shape index (κ1) is 14.6. The Morgan fingerprint density at radius 1 is 1.24 bits per heavy atom. The van der Waals surface area contributed by atoms with Gasteiger partial charge in [0.25, 0.3) is 5.56 Å². The minimum absolute atomic E-state index is 0.208. The van der Waals surface area contributed by atoms with Crippen LogP contribution in [0.4, 0.5) is 0 Å². The van der Waals surface area contributed by atoms with E-state index in [-0.39, 0.29) is 5.56 Å². The van der Waals surface area contributed by atoms with Gasteiger partial charge < -0.3 is 14.5 Å². The maximum absolute atomic E-state index is 11.9. The van der Waals surface area contributed by atoms with Crippen molar-refractivity contribution in [2.24, 2.45) is 0 Å². The van der Waals surface area contributed by atoms with Gasteiger partial charge in [0.15, 0.2) is 11.5 Å².